The van der Waals surface area contributed by atoms with Gasteiger partial charge in [0.15, 0.2) is 0 Å². The zero-order valence-corrected chi connectivity index (χ0v) is 10.6. The van der Waals surface area contributed by atoms with Gasteiger partial charge in [0.05, 0.1) is 5.56 Å². The first-order chi connectivity index (χ1) is 7.95. The standard InChI is InChI=1S/C11H19N5O/c1-6(2)7(3)15-10-8(9(12)17)5-14-11(13-4)16-10/h5-7H,1-4H3,(H2,12,17)(H2,13,14,15,16)/t7-/m0/s1. The highest BCUT2D eigenvalue weighted by Crippen LogP contribution is 2.16. The van der Waals surface area contributed by atoms with E-state index in [0.717, 1.165) is 0 Å². The third-order valence-corrected chi connectivity index (χ3v) is 2.64. The summed E-state index contributed by atoms with van der Waals surface area (Å²) in [4.78, 5) is 19.4. The summed E-state index contributed by atoms with van der Waals surface area (Å²) in [6.07, 6.45) is 1.43. The Morgan fingerprint density at radius 1 is 1.41 bits per heavy atom. The van der Waals surface area contributed by atoms with E-state index in [0.29, 0.717) is 23.2 Å². The summed E-state index contributed by atoms with van der Waals surface area (Å²) in [5, 5.41) is 6.00. The second-order valence-electron chi connectivity index (χ2n) is 4.25. The Morgan fingerprint density at radius 2 is 2.06 bits per heavy atom. The van der Waals surface area contributed by atoms with Gasteiger partial charge in [-0.2, -0.15) is 4.98 Å². The molecule has 0 aliphatic rings. The summed E-state index contributed by atoms with van der Waals surface area (Å²) in [7, 11) is 1.72. The van der Waals surface area contributed by atoms with E-state index in [-0.39, 0.29) is 6.04 Å². The maximum atomic E-state index is 11.3. The number of primary amides is 1. The molecule has 0 aliphatic heterocycles. The van der Waals surface area contributed by atoms with Gasteiger partial charge in [-0.15, -0.1) is 0 Å². The predicted molar refractivity (Wildman–Crippen MR) is 68.0 cm³/mol. The molecule has 1 amide bonds. The van der Waals surface area contributed by atoms with Gasteiger partial charge >= 0.3 is 0 Å². The molecule has 17 heavy (non-hydrogen) atoms. The quantitative estimate of drug-likeness (QED) is 0.712. The first kappa shape index (κ1) is 13.2. The fourth-order valence-electron chi connectivity index (χ4n) is 1.17. The van der Waals surface area contributed by atoms with E-state index in [1.165, 1.54) is 6.20 Å². The van der Waals surface area contributed by atoms with Crippen molar-refractivity contribution in [1.29, 1.82) is 0 Å². The van der Waals surface area contributed by atoms with Gasteiger partial charge in [-0.1, -0.05) is 13.8 Å². The summed E-state index contributed by atoms with van der Waals surface area (Å²) in [5.41, 5.74) is 5.58. The number of amides is 1. The molecule has 1 rings (SSSR count). The van der Waals surface area contributed by atoms with E-state index >= 15 is 0 Å². The minimum absolute atomic E-state index is 0.188. The molecule has 0 fully saturated rings. The minimum atomic E-state index is -0.536. The number of nitrogens with two attached hydrogens (primary N) is 1. The van der Waals surface area contributed by atoms with Crippen LogP contribution in [-0.4, -0.2) is 29.0 Å². The SMILES string of the molecule is CNc1ncc(C(N)=O)c(N[C@@H](C)C(C)C)n1. The van der Waals surface area contributed by atoms with Gasteiger partial charge in [0.1, 0.15) is 5.82 Å². The van der Waals surface area contributed by atoms with Crippen LogP contribution in [0.4, 0.5) is 11.8 Å². The third kappa shape index (κ3) is 3.30. The van der Waals surface area contributed by atoms with E-state index in [2.05, 4.69) is 34.4 Å². The largest absolute Gasteiger partial charge is 0.367 e. The molecule has 4 N–H and O–H groups in total. The molecule has 1 atom stereocenters. The van der Waals surface area contributed by atoms with E-state index in [1.54, 1.807) is 7.05 Å². The molecule has 1 aromatic heterocycles. The van der Waals surface area contributed by atoms with E-state index in [1.807, 2.05) is 6.92 Å². The summed E-state index contributed by atoms with van der Waals surface area (Å²) in [6, 6.07) is 0.188. The molecule has 0 spiro atoms. The Bertz CT molecular complexity index is 405. The molecule has 0 bridgehead atoms. The second-order valence-corrected chi connectivity index (χ2v) is 4.25. The molecule has 0 aliphatic carbocycles. The number of carbonyl (C=O) groups excluding carboxylic acids is 1. The molecule has 0 radical (unpaired) electrons. The van der Waals surface area contributed by atoms with Gasteiger partial charge in [0.25, 0.3) is 5.91 Å². The van der Waals surface area contributed by atoms with Crippen LogP contribution in [-0.2, 0) is 0 Å². The van der Waals surface area contributed by atoms with Crippen LogP contribution in [0, 0.1) is 5.92 Å². The number of anilines is 2. The van der Waals surface area contributed by atoms with Crippen molar-refractivity contribution in [2.24, 2.45) is 11.7 Å². The number of nitrogens with zero attached hydrogens (tertiary/aromatic N) is 2. The zero-order valence-electron chi connectivity index (χ0n) is 10.6. The highest BCUT2D eigenvalue weighted by atomic mass is 16.1. The van der Waals surface area contributed by atoms with Crippen molar-refractivity contribution in [1.82, 2.24) is 9.97 Å². The van der Waals surface area contributed by atoms with Crippen LogP contribution in [0.1, 0.15) is 31.1 Å². The average Bonchev–Trinajstić information content (AvgIpc) is 2.28. The molecule has 6 nitrogen and oxygen atoms in total. The summed E-state index contributed by atoms with van der Waals surface area (Å²) < 4.78 is 0. The fraction of sp³-hybridized carbons (Fsp3) is 0.545. The first-order valence-corrected chi connectivity index (χ1v) is 5.56. The summed E-state index contributed by atoms with van der Waals surface area (Å²) >= 11 is 0. The molecule has 0 saturated carbocycles. The van der Waals surface area contributed by atoms with Crippen LogP contribution in [0.2, 0.25) is 0 Å². The maximum absolute atomic E-state index is 11.3. The zero-order chi connectivity index (χ0) is 13.0. The third-order valence-electron chi connectivity index (χ3n) is 2.64. The van der Waals surface area contributed by atoms with Crippen LogP contribution < -0.4 is 16.4 Å². The van der Waals surface area contributed by atoms with Gasteiger partial charge in [-0.25, -0.2) is 4.98 Å². The highest BCUT2D eigenvalue weighted by Gasteiger charge is 2.15. The molecule has 0 unspecified atom stereocenters. The number of rotatable bonds is 5. The predicted octanol–water partition coefficient (Wildman–Crippen LogP) is 1.07. The molecule has 6 heteroatoms. The summed E-state index contributed by atoms with van der Waals surface area (Å²) in [6.45, 7) is 6.19. The topological polar surface area (TPSA) is 92.9 Å². The number of hydrogen-bond donors (Lipinski definition) is 3. The fourth-order valence-corrected chi connectivity index (χ4v) is 1.17. The van der Waals surface area contributed by atoms with Crippen molar-refractivity contribution in [3.8, 4) is 0 Å². The van der Waals surface area contributed by atoms with Crippen molar-refractivity contribution in [2.75, 3.05) is 17.7 Å². The molecule has 0 saturated heterocycles. The van der Waals surface area contributed by atoms with Crippen molar-refractivity contribution >= 4 is 17.7 Å². The van der Waals surface area contributed by atoms with Crippen LogP contribution in [0.15, 0.2) is 6.20 Å². The number of nitrogens with one attached hydrogen (secondary N) is 2. The van der Waals surface area contributed by atoms with E-state index < -0.39 is 5.91 Å². The molecular weight excluding hydrogens is 218 g/mol. The van der Waals surface area contributed by atoms with Crippen LogP contribution >= 0.6 is 0 Å². The Morgan fingerprint density at radius 3 is 2.53 bits per heavy atom. The van der Waals surface area contributed by atoms with Gasteiger partial charge in [0.2, 0.25) is 5.95 Å². The molecule has 94 valence electrons. The Labute approximate surface area is 101 Å². The first-order valence-electron chi connectivity index (χ1n) is 5.56. The van der Waals surface area contributed by atoms with Crippen molar-refractivity contribution < 1.29 is 4.79 Å². The average molecular weight is 237 g/mol. The molecule has 1 aromatic rings. The minimum Gasteiger partial charge on any atom is -0.367 e. The van der Waals surface area contributed by atoms with Crippen LogP contribution in [0.3, 0.4) is 0 Å². The summed E-state index contributed by atoms with van der Waals surface area (Å²) in [5.74, 6) is 0.807. The maximum Gasteiger partial charge on any atom is 0.254 e. The van der Waals surface area contributed by atoms with Crippen molar-refractivity contribution in [2.45, 2.75) is 26.8 Å². The monoisotopic (exact) mass is 237 g/mol. The lowest BCUT2D eigenvalue weighted by Crippen LogP contribution is -2.25. The lowest BCUT2D eigenvalue weighted by molar-refractivity contribution is 0.100. The van der Waals surface area contributed by atoms with E-state index in [9.17, 15) is 4.79 Å². The van der Waals surface area contributed by atoms with Gasteiger partial charge < -0.3 is 16.4 Å². The smallest absolute Gasteiger partial charge is 0.254 e. The lowest BCUT2D eigenvalue weighted by Gasteiger charge is -2.19. The van der Waals surface area contributed by atoms with Crippen LogP contribution in [0.25, 0.3) is 0 Å². The number of hydrogen-bond acceptors (Lipinski definition) is 5. The van der Waals surface area contributed by atoms with Gasteiger partial charge in [-0.3, -0.25) is 4.79 Å². The van der Waals surface area contributed by atoms with Crippen LogP contribution in [0.5, 0.6) is 0 Å². The van der Waals surface area contributed by atoms with Gasteiger partial charge in [0, 0.05) is 19.3 Å². The molecule has 0 aromatic carbocycles. The Balaban J connectivity index is 3.05. The highest BCUT2D eigenvalue weighted by molar-refractivity contribution is 5.97. The van der Waals surface area contributed by atoms with Crippen molar-refractivity contribution in [3.05, 3.63) is 11.8 Å². The second kappa shape index (κ2) is 5.47. The number of aromatic nitrogens is 2. The van der Waals surface area contributed by atoms with E-state index in [4.69, 9.17) is 5.73 Å². The lowest BCUT2D eigenvalue weighted by atomic mass is 10.1. The van der Waals surface area contributed by atoms with Gasteiger partial charge in [-0.05, 0) is 12.8 Å². The van der Waals surface area contributed by atoms with Crippen molar-refractivity contribution in [3.63, 3.8) is 0 Å². The normalized spacial score (nSPS) is 12.3. The Hall–Kier alpha value is -1.85. The number of carbonyl (C=O) groups is 1. The molecule has 1 heterocycles. The molecular formula is C11H19N5O. The Kier molecular flexibility index (Phi) is 4.25.